The van der Waals surface area contributed by atoms with Crippen LogP contribution >= 0.6 is 11.3 Å². The van der Waals surface area contributed by atoms with E-state index in [0.717, 1.165) is 11.3 Å². The lowest BCUT2D eigenvalue weighted by Gasteiger charge is -2.05. The molecule has 0 aliphatic heterocycles. The Kier molecular flexibility index (Phi) is 6.88. The fourth-order valence-corrected chi connectivity index (χ4v) is 3.41. The number of hydrogen-bond donors (Lipinski definition) is 2. The molecule has 10 nitrogen and oxygen atoms in total. The van der Waals surface area contributed by atoms with Crippen molar-refractivity contribution in [3.8, 4) is 0 Å². The van der Waals surface area contributed by atoms with Crippen LogP contribution < -0.4 is 5.32 Å². The van der Waals surface area contributed by atoms with Gasteiger partial charge in [-0.25, -0.2) is 9.59 Å². The number of carboxylic acid groups (broad SMARTS) is 1. The van der Waals surface area contributed by atoms with Gasteiger partial charge in [0.05, 0.1) is 44.0 Å². The van der Waals surface area contributed by atoms with Gasteiger partial charge in [0.15, 0.2) is 0 Å². The summed E-state index contributed by atoms with van der Waals surface area (Å²) < 4.78 is 11.1. The normalized spacial score (nSPS) is 10.4. The van der Waals surface area contributed by atoms with Crippen LogP contribution in [-0.2, 0) is 20.8 Å². The zero-order valence-electron chi connectivity index (χ0n) is 15.5. The molecule has 0 radical (unpaired) electrons. The predicted octanol–water partition coefficient (Wildman–Crippen LogP) is 1.94. The van der Waals surface area contributed by atoms with Crippen molar-refractivity contribution in [3.05, 3.63) is 34.0 Å². The van der Waals surface area contributed by atoms with E-state index in [9.17, 15) is 19.2 Å². The SMILES string of the molecule is CCOC(=O)c1sc(NC(=O)c2cnn(CCC(=O)O)c2)c(C(=O)OC)c1C. The average Bonchev–Trinajstić information content (AvgIpc) is 3.24. The Balaban J connectivity index is 2.27. The highest BCUT2D eigenvalue weighted by Gasteiger charge is 2.27. The lowest BCUT2D eigenvalue weighted by atomic mass is 10.1. The van der Waals surface area contributed by atoms with E-state index < -0.39 is 23.8 Å². The van der Waals surface area contributed by atoms with E-state index in [1.54, 1.807) is 13.8 Å². The number of nitrogens with one attached hydrogen (secondary N) is 1. The number of nitrogens with zero attached hydrogens (tertiary/aromatic N) is 2. The van der Waals surface area contributed by atoms with Gasteiger partial charge >= 0.3 is 17.9 Å². The number of hydrogen-bond acceptors (Lipinski definition) is 8. The zero-order chi connectivity index (χ0) is 20.8. The molecule has 2 N–H and O–H groups in total. The Morgan fingerprint density at radius 2 is 2.00 bits per heavy atom. The number of amides is 1. The molecule has 28 heavy (non-hydrogen) atoms. The number of methoxy groups -OCH3 is 1. The van der Waals surface area contributed by atoms with Crippen molar-refractivity contribution >= 4 is 40.2 Å². The standard InChI is InChI=1S/C17H19N3O7S/c1-4-27-17(25)13-9(2)12(16(24)26-3)15(28-13)19-14(23)10-7-18-20(8-10)6-5-11(21)22/h7-8H,4-6H2,1-3H3,(H,19,23)(H,21,22). The molecule has 0 unspecified atom stereocenters. The molecule has 2 aromatic rings. The van der Waals surface area contributed by atoms with Gasteiger partial charge in [-0.3, -0.25) is 14.3 Å². The highest BCUT2D eigenvalue weighted by atomic mass is 32.1. The number of carboxylic acids is 1. The molecule has 0 aliphatic carbocycles. The smallest absolute Gasteiger partial charge is 0.348 e. The first-order chi connectivity index (χ1) is 13.3. The van der Waals surface area contributed by atoms with Crippen LogP contribution in [-0.4, -0.2) is 52.4 Å². The van der Waals surface area contributed by atoms with Crippen molar-refractivity contribution < 1.29 is 33.8 Å². The van der Waals surface area contributed by atoms with Gasteiger partial charge in [-0.2, -0.15) is 5.10 Å². The molecule has 0 saturated carbocycles. The van der Waals surface area contributed by atoms with Gasteiger partial charge in [-0.05, 0) is 19.4 Å². The van der Waals surface area contributed by atoms with Crippen LogP contribution in [0.4, 0.5) is 5.00 Å². The van der Waals surface area contributed by atoms with Crippen LogP contribution in [0.3, 0.4) is 0 Å². The number of carbonyl (C=O) groups excluding carboxylic acids is 3. The lowest BCUT2D eigenvalue weighted by molar-refractivity contribution is -0.137. The van der Waals surface area contributed by atoms with E-state index in [-0.39, 0.29) is 40.6 Å². The van der Waals surface area contributed by atoms with Crippen LogP contribution in [0, 0.1) is 6.92 Å². The third kappa shape index (κ3) is 4.74. The minimum Gasteiger partial charge on any atom is -0.481 e. The maximum atomic E-state index is 12.5. The highest BCUT2D eigenvalue weighted by Crippen LogP contribution is 2.34. The first-order valence-electron chi connectivity index (χ1n) is 8.22. The van der Waals surface area contributed by atoms with Crippen molar-refractivity contribution in [1.82, 2.24) is 9.78 Å². The van der Waals surface area contributed by atoms with Crippen molar-refractivity contribution in [2.24, 2.45) is 0 Å². The van der Waals surface area contributed by atoms with Crippen LogP contribution in [0.15, 0.2) is 12.4 Å². The number of ether oxygens (including phenoxy) is 2. The summed E-state index contributed by atoms with van der Waals surface area (Å²) in [6.07, 6.45) is 2.53. The van der Waals surface area contributed by atoms with E-state index in [4.69, 9.17) is 14.6 Å². The fourth-order valence-electron chi connectivity index (χ4n) is 2.33. The predicted molar refractivity (Wildman–Crippen MR) is 98.8 cm³/mol. The Morgan fingerprint density at radius 3 is 2.61 bits per heavy atom. The Morgan fingerprint density at radius 1 is 1.29 bits per heavy atom. The molecule has 1 amide bonds. The molecule has 0 saturated heterocycles. The summed E-state index contributed by atoms with van der Waals surface area (Å²) >= 11 is 0.910. The van der Waals surface area contributed by atoms with E-state index in [2.05, 4.69) is 10.4 Å². The molecule has 0 atom stereocenters. The maximum absolute atomic E-state index is 12.5. The molecule has 2 rings (SSSR count). The second kappa shape index (κ2) is 9.13. The molecule has 0 aliphatic rings. The fraction of sp³-hybridized carbons (Fsp3) is 0.353. The summed E-state index contributed by atoms with van der Waals surface area (Å²) in [5, 5.41) is 15.4. The summed E-state index contributed by atoms with van der Waals surface area (Å²) in [5.74, 6) is -2.85. The summed E-state index contributed by atoms with van der Waals surface area (Å²) in [4.78, 5) is 47.5. The number of esters is 2. The van der Waals surface area contributed by atoms with Gasteiger partial charge in [-0.15, -0.1) is 11.3 Å². The molecular formula is C17H19N3O7S. The van der Waals surface area contributed by atoms with Crippen molar-refractivity contribution in [3.63, 3.8) is 0 Å². The number of aryl methyl sites for hydroxylation is 1. The quantitative estimate of drug-likeness (QED) is 0.631. The second-order valence-electron chi connectivity index (χ2n) is 5.56. The summed E-state index contributed by atoms with van der Waals surface area (Å²) in [5.41, 5.74) is 0.592. The topological polar surface area (TPSA) is 137 Å². The van der Waals surface area contributed by atoms with Crippen molar-refractivity contribution in [2.45, 2.75) is 26.8 Å². The minimum atomic E-state index is -0.982. The Labute approximate surface area is 164 Å². The summed E-state index contributed by atoms with van der Waals surface area (Å²) in [7, 11) is 1.20. The third-order valence-corrected chi connectivity index (χ3v) is 4.86. The minimum absolute atomic E-state index is 0.0715. The number of rotatable bonds is 8. The zero-order valence-corrected chi connectivity index (χ0v) is 16.3. The van der Waals surface area contributed by atoms with Crippen molar-refractivity contribution in [1.29, 1.82) is 0 Å². The maximum Gasteiger partial charge on any atom is 0.348 e. The van der Waals surface area contributed by atoms with Crippen LogP contribution in [0.5, 0.6) is 0 Å². The first-order valence-corrected chi connectivity index (χ1v) is 9.04. The lowest BCUT2D eigenvalue weighted by Crippen LogP contribution is -2.14. The van der Waals surface area contributed by atoms with Crippen molar-refractivity contribution in [2.75, 3.05) is 19.0 Å². The number of anilines is 1. The average molecular weight is 409 g/mol. The largest absolute Gasteiger partial charge is 0.481 e. The van der Waals surface area contributed by atoms with Crippen LogP contribution in [0.25, 0.3) is 0 Å². The van der Waals surface area contributed by atoms with E-state index in [1.807, 2.05) is 0 Å². The molecule has 11 heteroatoms. The summed E-state index contributed by atoms with van der Waals surface area (Å²) in [6, 6.07) is 0. The molecule has 0 fully saturated rings. The number of carbonyl (C=O) groups is 4. The molecule has 0 bridgehead atoms. The van der Waals surface area contributed by atoms with E-state index >= 15 is 0 Å². The Hall–Kier alpha value is -3.21. The number of thiophene rings is 1. The monoisotopic (exact) mass is 409 g/mol. The second-order valence-corrected chi connectivity index (χ2v) is 6.58. The molecule has 2 heterocycles. The number of aromatic nitrogens is 2. The molecule has 0 aromatic carbocycles. The van der Waals surface area contributed by atoms with E-state index in [0.29, 0.717) is 5.56 Å². The van der Waals surface area contributed by atoms with Gasteiger partial charge in [0.25, 0.3) is 5.91 Å². The highest BCUT2D eigenvalue weighted by molar-refractivity contribution is 7.18. The van der Waals surface area contributed by atoms with E-state index in [1.165, 1.54) is 24.2 Å². The summed E-state index contributed by atoms with van der Waals surface area (Å²) in [6.45, 7) is 3.50. The molecular weight excluding hydrogens is 390 g/mol. The molecule has 150 valence electrons. The van der Waals surface area contributed by atoms with Crippen LogP contribution in [0.1, 0.15) is 49.3 Å². The van der Waals surface area contributed by atoms with Gasteiger partial charge < -0.3 is 19.9 Å². The van der Waals surface area contributed by atoms with Crippen LogP contribution in [0.2, 0.25) is 0 Å². The third-order valence-electron chi connectivity index (χ3n) is 3.67. The van der Waals surface area contributed by atoms with Gasteiger partial charge in [0.1, 0.15) is 9.88 Å². The number of aliphatic carboxylic acids is 1. The molecule has 2 aromatic heterocycles. The van der Waals surface area contributed by atoms with Gasteiger partial charge in [0, 0.05) is 6.20 Å². The first kappa shape index (κ1) is 21.1. The van der Waals surface area contributed by atoms with Gasteiger partial charge in [-0.1, -0.05) is 0 Å². The van der Waals surface area contributed by atoms with Gasteiger partial charge in [0.2, 0.25) is 0 Å². The Bertz CT molecular complexity index is 916. The molecule has 0 spiro atoms.